The number of anilines is 1. The van der Waals surface area contributed by atoms with Crippen LogP contribution < -0.4 is 10.1 Å². The molecule has 25 heavy (non-hydrogen) atoms. The van der Waals surface area contributed by atoms with Crippen molar-refractivity contribution in [2.45, 2.75) is 20.8 Å². The molecule has 2 aromatic rings. The summed E-state index contributed by atoms with van der Waals surface area (Å²) in [7, 11) is 3.62. The number of nitrogens with one attached hydrogen (secondary N) is 1. The molecule has 0 saturated heterocycles. The summed E-state index contributed by atoms with van der Waals surface area (Å²) in [6.07, 6.45) is 6.41. The SMILES string of the molecule is C/C=C(/C=C\c1cc(OC)ccc1C)c1ccc(NC)cc1.CCF. The highest BCUT2D eigenvalue weighted by molar-refractivity contribution is 5.79. The Hall–Kier alpha value is -2.55. The van der Waals surface area contributed by atoms with Gasteiger partial charge in [0.05, 0.1) is 13.8 Å². The lowest BCUT2D eigenvalue weighted by Gasteiger charge is -2.07. The van der Waals surface area contributed by atoms with Gasteiger partial charge in [-0.3, -0.25) is 4.39 Å². The highest BCUT2D eigenvalue weighted by Crippen LogP contribution is 2.22. The largest absolute Gasteiger partial charge is 0.497 e. The summed E-state index contributed by atoms with van der Waals surface area (Å²) in [5, 5.41) is 3.14. The van der Waals surface area contributed by atoms with Crippen molar-refractivity contribution in [2.75, 3.05) is 26.1 Å². The molecule has 0 aliphatic carbocycles. The first kappa shape index (κ1) is 20.5. The van der Waals surface area contributed by atoms with E-state index in [0.29, 0.717) is 0 Å². The number of aryl methyl sites for hydroxylation is 1. The zero-order chi connectivity index (χ0) is 18.7. The van der Waals surface area contributed by atoms with E-state index in [1.54, 1.807) is 7.11 Å². The molecule has 0 amide bonds. The molecule has 2 nitrogen and oxygen atoms in total. The summed E-state index contributed by atoms with van der Waals surface area (Å²) in [5.74, 6) is 0.880. The minimum absolute atomic E-state index is 0.250. The van der Waals surface area contributed by atoms with Crippen LogP contribution >= 0.6 is 0 Å². The molecular weight excluding hydrogens is 313 g/mol. The van der Waals surface area contributed by atoms with Gasteiger partial charge in [0.25, 0.3) is 0 Å². The van der Waals surface area contributed by atoms with E-state index in [4.69, 9.17) is 4.74 Å². The van der Waals surface area contributed by atoms with Gasteiger partial charge in [0.15, 0.2) is 0 Å². The molecule has 3 heteroatoms. The van der Waals surface area contributed by atoms with Gasteiger partial charge in [-0.15, -0.1) is 0 Å². The van der Waals surface area contributed by atoms with Gasteiger partial charge in [-0.25, -0.2) is 0 Å². The fourth-order valence-electron chi connectivity index (χ4n) is 2.29. The molecule has 0 atom stereocenters. The van der Waals surface area contributed by atoms with Crippen LogP contribution in [0.4, 0.5) is 10.1 Å². The highest BCUT2D eigenvalue weighted by Gasteiger charge is 2.00. The molecule has 0 heterocycles. The van der Waals surface area contributed by atoms with Crippen molar-refractivity contribution < 1.29 is 9.13 Å². The Morgan fingerprint density at radius 1 is 1.16 bits per heavy atom. The second-order valence-corrected chi connectivity index (χ2v) is 5.39. The fraction of sp³-hybridized carbons (Fsp3) is 0.273. The first-order valence-electron chi connectivity index (χ1n) is 8.42. The van der Waals surface area contributed by atoms with E-state index in [1.165, 1.54) is 29.2 Å². The first-order valence-corrected chi connectivity index (χ1v) is 8.42. The van der Waals surface area contributed by atoms with Crippen LogP contribution in [-0.4, -0.2) is 20.8 Å². The van der Waals surface area contributed by atoms with Crippen LogP contribution in [0.15, 0.2) is 54.6 Å². The van der Waals surface area contributed by atoms with E-state index >= 15 is 0 Å². The van der Waals surface area contributed by atoms with E-state index in [-0.39, 0.29) is 6.67 Å². The quantitative estimate of drug-likeness (QED) is 0.660. The number of alkyl halides is 1. The van der Waals surface area contributed by atoms with Gasteiger partial charge in [-0.05, 0) is 67.3 Å². The van der Waals surface area contributed by atoms with Crippen LogP contribution in [-0.2, 0) is 0 Å². The van der Waals surface area contributed by atoms with Gasteiger partial charge in [0, 0.05) is 12.7 Å². The summed E-state index contributed by atoms with van der Waals surface area (Å²) in [6.45, 7) is 5.38. The van der Waals surface area contributed by atoms with Gasteiger partial charge in [0.2, 0.25) is 0 Å². The average molecular weight is 341 g/mol. The van der Waals surface area contributed by atoms with Crippen LogP contribution in [0.25, 0.3) is 11.6 Å². The minimum atomic E-state index is -0.250. The van der Waals surface area contributed by atoms with Crippen LogP contribution in [0.2, 0.25) is 0 Å². The van der Waals surface area contributed by atoms with E-state index in [9.17, 15) is 4.39 Å². The second kappa shape index (κ2) is 11.1. The lowest BCUT2D eigenvalue weighted by atomic mass is 10.0. The molecule has 0 bridgehead atoms. The Kier molecular flexibility index (Phi) is 9.09. The topological polar surface area (TPSA) is 21.3 Å². The van der Waals surface area contributed by atoms with Gasteiger partial charge in [-0.1, -0.05) is 36.4 Å². The van der Waals surface area contributed by atoms with Crippen molar-refractivity contribution in [1.82, 2.24) is 0 Å². The molecule has 2 rings (SSSR count). The molecule has 0 unspecified atom stereocenters. The molecule has 0 saturated carbocycles. The van der Waals surface area contributed by atoms with Crippen LogP contribution in [0.3, 0.4) is 0 Å². The Balaban J connectivity index is 0.000000970. The zero-order valence-electron chi connectivity index (χ0n) is 15.8. The van der Waals surface area contributed by atoms with Gasteiger partial charge >= 0.3 is 0 Å². The lowest BCUT2D eigenvalue weighted by Crippen LogP contribution is -1.88. The lowest BCUT2D eigenvalue weighted by molar-refractivity contribution is 0.414. The number of ether oxygens (including phenoxy) is 1. The maximum Gasteiger partial charge on any atom is 0.119 e. The maximum absolute atomic E-state index is 10.3. The third-order valence-corrected chi connectivity index (χ3v) is 3.75. The minimum Gasteiger partial charge on any atom is -0.497 e. The summed E-state index contributed by atoms with van der Waals surface area (Å²) < 4.78 is 15.6. The van der Waals surface area contributed by atoms with E-state index in [1.807, 2.05) is 13.1 Å². The van der Waals surface area contributed by atoms with E-state index in [2.05, 4.69) is 73.8 Å². The molecule has 2 aromatic carbocycles. The Morgan fingerprint density at radius 2 is 1.80 bits per heavy atom. The third-order valence-electron chi connectivity index (χ3n) is 3.75. The number of hydrogen-bond acceptors (Lipinski definition) is 2. The van der Waals surface area contributed by atoms with Gasteiger partial charge < -0.3 is 10.1 Å². The van der Waals surface area contributed by atoms with Crippen LogP contribution in [0, 0.1) is 6.92 Å². The molecule has 0 fully saturated rings. The second-order valence-electron chi connectivity index (χ2n) is 5.39. The molecular formula is C22H28FNO. The smallest absolute Gasteiger partial charge is 0.119 e. The van der Waals surface area contributed by atoms with Crippen molar-refractivity contribution >= 4 is 17.3 Å². The van der Waals surface area contributed by atoms with E-state index < -0.39 is 0 Å². The molecule has 0 aromatic heterocycles. The Morgan fingerprint density at radius 3 is 2.32 bits per heavy atom. The average Bonchev–Trinajstić information content (AvgIpc) is 2.64. The monoisotopic (exact) mass is 341 g/mol. The molecule has 134 valence electrons. The summed E-state index contributed by atoms with van der Waals surface area (Å²) >= 11 is 0. The summed E-state index contributed by atoms with van der Waals surface area (Å²) in [4.78, 5) is 0. The number of methoxy groups -OCH3 is 1. The van der Waals surface area contributed by atoms with Crippen molar-refractivity contribution in [3.05, 3.63) is 71.3 Å². The molecule has 0 aliphatic rings. The standard InChI is InChI=1S/C20H23NO.C2H5F/c1-5-16(17-9-11-19(21-3)12-10-17)7-8-18-14-20(22-4)13-6-15(18)2;1-2-3/h5-14,21H,1-4H3;2H2,1H3/b8-7-,16-5-;. The maximum atomic E-state index is 10.3. The Bertz CT molecular complexity index is 702. The number of allylic oxidation sites excluding steroid dienone is 3. The van der Waals surface area contributed by atoms with Crippen LogP contribution in [0.5, 0.6) is 5.75 Å². The third kappa shape index (κ3) is 6.46. The number of halogens is 1. The van der Waals surface area contributed by atoms with Crippen molar-refractivity contribution in [3.8, 4) is 5.75 Å². The fourth-order valence-corrected chi connectivity index (χ4v) is 2.29. The van der Waals surface area contributed by atoms with Gasteiger partial charge in [-0.2, -0.15) is 0 Å². The van der Waals surface area contributed by atoms with Crippen LogP contribution in [0.1, 0.15) is 30.5 Å². The molecule has 0 aliphatic heterocycles. The van der Waals surface area contributed by atoms with Crippen molar-refractivity contribution in [3.63, 3.8) is 0 Å². The molecule has 1 N–H and O–H groups in total. The number of benzene rings is 2. The summed E-state index contributed by atoms with van der Waals surface area (Å²) in [6, 6.07) is 14.6. The van der Waals surface area contributed by atoms with Crippen molar-refractivity contribution in [1.29, 1.82) is 0 Å². The highest BCUT2D eigenvalue weighted by atomic mass is 19.1. The predicted octanol–water partition coefficient (Wildman–Crippen LogP) is 6.14. The Labute approximate surface area is 151 Å². The zero-order valence-corrected chi connectivity index (χ0v) is 15.8. The first-order chi connectivity index (χ1) is 12.1. The number of rotatable bonds is 5. The van der Waals surface area contributed by atoms with Crippen molar-refractivity contribution in [2.24, 2.45) is 0 Å². The normalized spacial score (nSPS) is 11.0. The number of hydrogen-bond donors (Lipinski definition) is 1. The predicted molar refractivity (Wildman–Crippen MR) is 108 cm³/mol. The van der Waals surface area contributed by atoms with Gasteiger partial charge in [0.1, 0.15) is 5.75 Å². The summed E-state index contributed by atoms with van der Waals surface area (Å²) in [5.41, 5.74) is 5.93. The molecule has 0 radical (unpaired) electrons. The van der Waals surface area contributed by atoms with E-state index in [0.717, 1.165) is 11.4 Å². The molecule has 0 spiro atoms.